The predicted molar refractivity (Wildman–Crippen MR) is 82.2 cm³/mol. The van der Waals surface area contributed by atoms with E-state index in [4.69, 9.17) is 0 Å². The number of para-hydroxylation sites is 1. The summed E-state index contributed by atoms with van der Waals surface area (Å²) in [6.07, 6.45) is 2.12. The van der Waals surface area contributed by atoms with Crippen LogP contribution >= 0.6 is 0 Å². The fraction of sp³-hybridized carbons (Fsp3) is 0.294. The molecule has 0 aliphatic rings. The molecule has 0 radical (unpaired) electrons. The third-order valence-corrected chi connectivity index (χ3v) is 3.39. The highest BCUT2D eigenvalue weighted by Gasteiger charge is 2.12. The van der Waals surface area contributed by atoms with Crippen LogP contribution < -0.4 is 5.32 Å². The summed E-state index contributed by atoms with van der Waals surface area (Å²) in [5.74, 6) is 0.183. The van der Waals surface area contributed by atoms with Crippen molar-refractivity contribution in [2.24, 2.45) is 0 Å². The van der Waals surface area contributed by atoms with E-state index in [-0.39, 0.29) is 17.5 Å². The van der Waals surface area contributed by atoms with Crippen molar-refractivity contribution >= 4 is 5.69 Å². The van der Waals surface area contributed by atoms with E-state index >= 15 is 0 Å². The SMILES string of the molecule is CCCc1ccccc1NC(C)c1ccc(O)cc1O. The number of rotatable bonds is 5. The zero-order valence-corrected chi connectivity index (χ0v) is 11.9. The van der Waals surface area contributed by atoms with Gasteiger partial charge in [-0.2, -0.15) is 0 Å². The number of phenolic OH excluding ortho intramolecular Hbond substituents is 2. The maximum absolute atomic E-state index is 9.91. The van der Waals surface area contributed by atoms with Gasteiger partial charge in [-0.3, -0.25) is 0 Å². The van der Waals surface area contributed by atoms with Gasteiger partial charge in [0.2, 0.25) is 0 Å². The Hall–Kier alpha value is -2.16. The summed E-state index contributed by atoms with van der Waals surface area (Å²) in [5.41, 5.74) is 3.14. The number of anilines is 1. The number of hydrogen-bond donors (Lipinski definition) is 3. The van der Waals surface area contributed by atoms with Crippen LogP contribution in [0.4, 0.5) is 5.69 Å². The number of phenols is 2. The van der Waals surface area contributed by atoms with Crippen LogP contribution in [0, 0.1) is 0 Å². The zero-order valence-electron chi connectivity index (χ0n) is 11.9. The molecule has 3 heteroatoms. The van der Waals surface area contributed by atoms with Gasteiger partial charge in [-0.1, -0.05) is 31.5 Å². The molecule has 0 amide bonds. The average molecular weight is 271 g/mol. The van der Waals surface area contributed by atoms with Gasteiger partial charge in [0.1, 0.15) is 11.5 Å². The van der Waals surface area contributed by atoms with Crippen LogP contribution in [0.3, 0.4) is 0 Å². The molecule has 0 bridgehead atoms. The highest BCUT2D eigenvalue weighted by molar-refractivity contribution is 5.54. The monoisotopic (exact) mass is 271 g/mol. The van der Waals surface area contributed by atoms with Crippen molar-refractivity contribution < 1.29 is 10.2 Å². The minimum Gasteiger partial charge on any atom is -0.508 e. The summed E-state index contributed by atoms with van der Waals surface area (Å²) in [4.78, 5) is 0. The number of benzene rings is 2. The molecule has 2 aromatic carbocycles. The first-order valence-corrected chi connectivity index (χ1v) is 6.98. The fourth-order valence-corrected chi connectivity index (χ4v) is 2.36. The van der Waals surface area contributed by atoms with Crippen molar-refractivity contribution in [2.75, 3.05) is 5.32 Å². The molecule has 0 heterocycles. The van der Waals surface area contributed by atoms with Crippen LogP contribution in [-0.4, -0.2) is 10.2 Å². The topological polar surface area (TPSA) is 52.5 Å². The van der Waals surface area contributed by atoms with Crippen molar-refractivity contribution in [3.8, 4) is 11.5 Å². The Morgan fingerprint density at radius 2 is 1.85 bits per heavy atom. The molecule has 0 saturated carbocycles. The molecule has 0 spiro atoms. The quantitative estimate of drug-likeness (QED) is 0.763. The van der Waals surface area contributed by atoms with Gasteiger partial charge in [0.05, 0.1) is 6.04 Å². The second kappa shape index (κ2) is 6.33. The number of nitrogens with one attached hydrogen (secondary N) is 1. The van der Waals surface area contributed by atoms with Gasteiger partial charge < -0.3 is 15.5 Å². The van der Waals surface area contributed by atoms with E-state index in [1.165, 1.54) is 11.6 Å². The first-order chi connectivity index (χ1) is 9.61. The summed E-state index contributed by atoms with van der Waals surface area (Å²) < 4.78 is 0. The van der Waals surface area contributed by atoms with Gasteiger partial charge in [-0.15, -0.1) is 0 Å². The molecule has 0 aromatic heterocycles. The largest absolute Gasteiger partial charge is 0.508 e. The first-order valence-electron chi connectivity index (χ1n) is 6.98. The maximum Gasteiger partial charge on any atom is 0.124 e. The molecule has 0 aliphatic heterocycles. The minimum atomic E-state index is -0.0337. The van der Waals surface area contributed by atoms with E-state index in [0.717, 1.165) is 24.1 Å². The van der Waals surface area contributed by atoms with E-state index in [2.05, 4.69) is 24.4 Å². The van der Waals surface area contributed by atoms with Crippen molar-refractivity contribution in [1.29, 1.82) is 0 Å². The summed E-state index contributed by atoms with van der Waals surface area (Å²) in [7, 11) is 0. The Balaban J connectivity index is 2.21. The minimum absolute atomic E-state index is 0.0337. The Morgan fingerprint density at radius 3 is 2.55 bits per heavy atom. The molecule has 2 aromatic rings. The lowest BCUT2D eigenvalue weighted by molar-refractivity contribution is 0.444. The van der Waals surface area contributed by atoms with Crippen molar-refractivity contribution in [3.05, 3.63) is 53.6 Å². The van der Waals surface area contributed by atoms with Crippen LogP contribution in [0.25, 0.3) is 0 Å². The number of hydrogen-bond acceptors (Lipinski definition) is 3. The molecule has 106 valence electrons. The van der Waals surface area contributed by atoms with Crippen molar-refractivity contribution in [1.82, 2.24) is 0 Å². The van der Waals surface area contributed by atoms with Crippen LogP contribution in [0.1, 0.15) is 37.4 Å². The number of aromatic hydroxyl groups is 2. The zero-order chi connectivity index (χ0) is 14.5. The molecule has 2 rings (SSSR count). The molecule has 3 nitrogen and oxygen atoms in total. The first kappa shape index (κ1) is 14.3. The van der Waals surface area contributed by atoms with Crippen molar-refractivity contribution in [2.45, 2.75) is 32.7 Å². The molecular weight excluding hydrogens is 250 g/mol. The van der Waals surface area contributed by atoms with E-state index in [9.17, 15) is 10.2 Å². The van der Waals surface area contributed by atoms with Crippen LogP contribution in [0.5, 0.6) is 11.5 Å². The van der Waals surface area contributed by atoms with E-state index in [1.54, 1.807) is 12.1 Å². The summed E-state index contributed by atoms with van der Waals surface area (Å²) in [6.45, 7) is 4.15. The van der Waals surface area contributed by atoms with Crippen LogP contribution in [0.2, 0.25) is 0 Å². The summed E-state index contributed by atoms with van der Waals surface area (Å²) in [6, 6.07) is 12.9. The smallest absolute Gasteiger partial charge is 0.124 e. The van der Waals surface area contributed by atoms with Gasteiger partial charge in [-0.05, 0) is 37.1 Å². The summed E-state index contributed by atoms with van der Waals surface area (Å²) in [5, 5.41) is 22.7. The predicted octanol–water partition coefficient (Wildman–Crippen LogP) is 4.22. The number of aryl methyl sites for hydroxylation is 1. The lowest BCUT2D eigenvalue weighted by atomic mass is 10.0. The maximum atomic E-state index is 9.91. The Bertz CT molecular complexity index is 581. The molecule has 0 saturated heterocycles. The molecule has 0 fully saturated rings. The Labute approximate surface area is 119 Å². The van der Waals surface area contributed by atoms with Crippen LogP contribution in [-0.2, 0) is 6.42 Å². The summed E-state index contributed by atoms with van der Waals surface area (Å²) >= 11 is 0. The van der Waals surface area contributed by atoms with Gasteiger partial charge in [0, 0.05) is 17.3 Å². The fourth-order valence-electron chi connectivity index (χ4n) is 2.36. The highest BCUT2D eigenvalue weighted by atomic mass is 16.3. The van der Waals surface area contributed by atoms with E-state index < -0.39 is 0 Å². The molecule has 1 atom stereocenters. The normalized spacial score (nSPS) is 12.1. The third kappa shape index (κ3) is 3.23. The molecule has 0 aliphatic carbocycles. The van der Waals surface area contributed by atoms with Gasteiger partial charge in [-0.25, -0.2) is 0 Å². The second-order valence-corrected chi connectivity index (χ2v) is 5.02. The second-order valence-electron chi connectivity index (χ2n) is 5.02. The van der Waals surface area contributed by atoms with E-state index in [1.807, 2.05) is 19.1 Å². The highest BCUT2D eigenvalue weighted by Crippen LogP contribution is 2.30. The van der Waals surface area contributed by atoms with Gasteiger partial charge >= 0.3 is 0 Å². The standard InChI is InChI=1S/C17H21NO2/c1-3-6-13-7-4-5-8-16(13)18-12(2)15-10-9-14(19)11-17(15)20/h4-5,7-12,18-20H,3,6H2,1-2H3. The Morgan fingerprint density at radius 1 is 1.10 bits per heavy atom. The Kier molecular flexibility index (Phi) is 4.51. The van der Waals surface area contributed by atoms with Crippen molar-refractivity contribution in [3.63, 3.8) is 0 Å². The molecule has 3 N–H and O–H groups in total. The molecular formula is C17H21NO2. The van der Waals surface area contributed by atoms with Gasteiger partial charge in [0.25, 0.3) is 0 Å². The lowest BCUT2D eigenvalue weighted by Crippen LogP contribution is -2.08. The molecule has 20 heavy (non-hydrogen) atoms. The van der Waals surface area contributed by atoms with E-state index in [0.29, 0.717) is 0 Å². The third-order valence-electron chi connectivity index (χ3n) is 3.39. The lowest BCUT2D eigenvalue weighted by Gasteiger charge is -2.19. The van der Waals surface area contributed by atoms with Crippen LogP contribution in [0.15, 0.2) is 42.5 Å². The van der Waals surface area contributed by atoms with Gasteiger partial charge in [0.15, 0.2) is 0 Å². The molecule has 1 unspecified atom stereocenters. The average Bonchev–Trinajstić information content (AvgIpc) is 2.41.